The number of unbranched alkanes of at least 4 members (excludes halogenated alkanes) is 1. The second-order valence-corrected chi connectivity index (χ2v) is 11.7. The molecule has 3 aromatic rings. The molecule has 1 heterocycles. The number of aromatic carboxylic acids is 1. The minimum Gasteiger partial charge on any atom is -0.493 e. The number of carbonyl (C=O) groups is 2. The summed E-state index contributed by atoms with van der Waals surface area (Å²) in [5, 5.41) is 18.2. The first-order valence-corrected chi connectivity index (χ1v) is 15.7. The van der Waals surface area contributed by atoms with Crippen LogP contribution in [0.2, 0.25) is 0 Å². The lowest BCUT2D eigenvalue weighted by atomic mass is 9.88. The van der Waals surface area contributed by atoms with Crippen LogP contribution in [-0.2, 0) is 17.6 Å². The summed E-state index contributed by atoms with van der Waals surface area (Å²) in [4.78, 5) is 27.2. The smallest absolute Gasteiger partial charge is 0.335 e. The Labute approximate surface area is 256 Å². The van der Waals surface area contributed by atoms with Crippen LogP contribution in [-0.4, -0.2) is 66.4 Å². The number of rotatable bonds is 17. The molecule has 2 N–H and O–H groups in total. The highest BCUT2D eigenvalue weighted by Gasteiger charge is 2.17. The molecule has 1 fully saturated rings. The summed E-state index contributed by atoms with van der Waals surface area (Å²) in [7, 11) is 0. The van der Waals surface area contributed by atoms with Crippen molar-refractivity contribution in [2.45, 2.75) is 58.3 Å². The molecule has 1 saturated heterocycles. The van der Waals surface area contributed by atoms with Gasteiger partial charge in [-0.1, -0.05) is 55.3 Å². The number of hydrogen-bond donors (Lipinski definition) is 2. The van der Waals surface area contributed by atoms with Gasteiger partial charge in [-0.15, -0.1) is 0 Å². The summed E-state index contributed by atoms with van der Waals surface area (Å²) in [5.74, 6) is -0.358. The van der Waals surface area contributed by atoms with E-state index in [0.717, 1.165) is 82.6 Å². The van der Waals surface area contributed by atoms with Crippen LogP contribution in [0.5, 0.6) is 5.75 Å². The Morgan fingerprint density at radius 2 is 1.63 bits per heavy atom. The minimum absolute atomic E-state index is 0.194. The lowest BCUT2D eigenvalue weighted by molar-refractivity contribution is -0.137. The molecule has 0 amide bonds. The maximum absolute atomic E-state index is 11.2. The molecule has 1 unspecified atom stereocenters. The number of nitrogens with zero attached hydrogens (tertiary/aromatic N) is 2. The van der Waals surface area contributed by atoms with E-state index < -0.39 is 11.9 Å². The highest BCUT2D eigenvalue weighted by atomic mass is 16.5. The van der Waals surface area contributed by atoms with Gasteiger partial charge in [-0.2, -0.15) is 0 Å². The molecule has 7 heteroatoms. The Morgan fingerprint density at radius 3 is 2.35 bits per heavy atom. The number of aryl methyl sites for hydroxylation is 2. The van der Waals surface area contributed by atoms with E-state index in [1.807, 2.05) is 18.2 Å². The second-order valence-electron chi connectivity index (χ2n) is 11.7. The Bertz CT molecular complexity index is 1300. The van der Waals surface area contributed by atoms with Gasteiger partial charge in [0.1, 0.15) is 5.75 Å². The van der Waals surface area contributed by atoms with Gasteiger partial charge in [-0.25, -0.2) is 4.79 Å². The SMILES string of the molecule is Cc1cccc(N2CCN(CCCOc3ccccc3CCC(CCCCC(=O)O)Cc3ccc(C(=O)O)cc3)CC2)c1. The summed E-state index contributed by atoms with van der Waals surface area (Å²) in [6.07, 6.45) is 6.33. The zero-order chi connectivity index (χ0) is 30.4. The third-order valence-corrected chi connectivity index (χ3v) is 8.39. The zero-order valence-electron chi connectivity index (χ0n) is 25.4. The van der Waals surface area contributed by atoms with Gasteiger partial charge in [-0.05, 0) is 92.0 Å². The second kappa shape index (κ2) is 16.7. The summed E-state index contributed by atoms with van der Waals surface area (Å²) in [6, 6.07) is 24.1. The molecule has 0 bridgehead atoms. The van der Waals surface area contributed by atoms with Crippen molar-refractivity contribution in [3.8, 4) is 5.75 Å². The quantitative estimate of drug-likeness (QED) is 0.170. The van der Waals surface area contributed by atoms with Gasteiger partial charge in [0, 0.05) is 44.8 Å². The Morgan fingerprint density at radius 1 is 0.860 bits per heavy atom. The lowest BCUT2D eigenvalue weighted by Gasteiger charge is -2.36. The fraction of sp³-hybridized carbons (Fsp3) is 0.444. The largest absolute Gasteiger partial charge is 0.493 e. The average Bonchev–Trinajstić information content (AvgIpc) is 3.01. The number of hydrogen-bond acceptors (Lipinski definition) is 5. The fourth-order valence-electron chi connectivity index (χ4n) is 5.91. The van der Waals surface area contributed by atoms with E-state index in [4.69, 9.17) is 9.84 Å². The van der Waals surface area contributed by atoms with Crippen LogP contribution < -0.4 is 9.64 Å². The minimum atomic E-state index is -0.922. The van der Waals surface area contributed by atoms with Crippen molar-refractivity contribution in [1.82, 2.24) is 4.90 Å². The molecule has 0 radical (unpaired) electrons. The van der Waals surface area contributed by atoms with Gasteiger partial charge in [0.15, 0.2) is 0 Å². The van der Waals surface area contributed by atoms with Gasteiger partial charge in [-0.3, -0.25) is 9.69 Å². The first kappa shape index (κ1) is 32.1. The van der Waals surface area contributed by atoms with E-state index in [1.54, 1.807) is 12.1 Å². The molecule has 230 valence electrons. The molecule has 3 aromatic carbocycles. The summed E-state index contributed by atoms with van der Waals surface area (Å²) in [5.41, 5.74) is 5.22. The molecule has 1 atom stereocenters. The molecule has 7 nitrogen and oxygen atoms in total. The van der Waals surface area contributed by atoms with Crippen LogP contribution in [0.4, 0.5) is 5.69 Å². The normalized spacial score (nSPS) is 14.4. The van der Waals surface area contributed by atoms with Crippen LogP contribution in [0, 0.1) is 12.8 Å². The number of carboxylic acids is 2. The van der Waals surface area contributed by atoms with Crippen molar-refractivity contribution in [1.29, 1.82) is 0 Å². The summed E-state index contributed by atoms with van der Waals surface area (Å²) < 4.78 is 6.28. The van der Waals surface area contributed by atoms with Gasteiger partial charge in [0.2, 0.25) is 0 Å². The van der Waals surface area contributed by atoms with E-state index in [-0.39, 0.29) is 12.0 Å². The molecule has 0 spiro atoms. The van der Waals surface area contributed by atoms with Crippen LogP contribution in [0.15, 0.2) is 72.8 Å². The number of ether oxygens (including phenoxy) is 1. The van der Waals surface area contributed by atoms with Crippen molar-refractivity contribution >= 4 is 17.6 Å². The molecule has 43 heavy (non-hydrogen) atoms. The van der Waals surface area contributed by atoms with E-state index in [9.17, 15) is 14.7 Å². The zero-order valence-corrected chi connectivity index (χ0v) is 25.4. The number of benzene rings is 3. The first-order chi connectivity index (χ1) is 20.9. The highest BCUT2D eigenvalue weighted by Crippen LogP contribution is 2.26. The molecule has 1 aliphatic rings. The predicted octanol–water partition coefficient (Wildman–Crippen LogP) is 6.72. The number of para-hydroxylation sites is 1. The maximum Gasteiger partial charge on any atom is 0.335 e. The molecular weight excluding hydrogens is 540 g/mol. The molecule has 0 saturated carbocycles. The number of carboxylic acid groups (broad SMARTS) is 2. The number of aliphatic carboxylic acids is 1. The Hall–Kier alpha value is -3.84. The molecule has 1 aliphatic heterocycles. The van der Waals surface area contributed by atoms with Crippen molar-refractivity contribution in [2.75, 3.05) is 44.2 Å². The Kier molecular flexibility index (Phi) is 12.5. The van der Waals surface area contributed by atoms with Crippen molar-refractivity contribution in [2.24, 2.45) is 5.92 Å². The third-order valence-electron chi connectivity index (χ3n) is 8.39. The summed E-state index contributed by atoms with van der Waals surface area (Å²) in [6.45, 7) is 8.09. The van der Waals surface area contributed by atoms with E-state index >= 15 is 0 Å². The fourth-order valence-corrected chi connectivity index (χ4v) is 5.91. The lowest BCUT2D eigenvalue weighted by Crippen LogP contribution is -2.46. The van der Waals surface area contributed by atoms with Gasteiger partial charge in [0.05, 0.1) is 12.2 Å². The number of piperazine rings is 1. The first-order valence-electron chi connectivity index (χ1n) is 15.7. The molecule has 0 aromatic heterocycles. The van der Waals surface area contributed by atoms with Crippen molar-refractivity contribution < 1.29 is 24.5 Å². The van der Waals surface area contributed by atoms with Gasteiger partial charge >= 0.3 is 11.9 Å². The summed E-state index contributed by atoms with van der Waals surface area (Å²) >= 11 is 0. The van der Waals surface area contributed by atoms with Crippen LogP contribution in [0.25, 0.3) is 0 Å². The van der Waals surface area contributed by atoms with Crippen molar-refractivity contribution in [3.05, 3.63) is 95.1 Å². The molecular formula is C36H46N2O5. The van der Waals surface area contributed by atoms with Crippen molar-refractivity contribution in [3.63, 3.8) is 0 Å². The van der Waals surface area contributed by atoms with Crippen LogP contribution >= 0.6 is 0 Å². The Balaban J connectivity index is 1.24. The molecule has 0 aliphatic carbocycles. The van der Waals surface area contributed by atoms with Gasteiger partial charge in [0.25, 0.3) is 0 Å². The maximum atomic E-state index is 11.2. The highest BCUT2D eigenvalue weighted by molar-refractivity contribution is 5.87. The average molecular weight is 587 g/mol. The van der Waals surface area contributed by atoms with E-state index in [1.165, 1.54) is 16.8 Å². The third kappa shape index (κ3) is 10.7. The monoisotopic (exact) mass is 586 g/mol. The topological polar surface area (TPSA) is 90.3 Å². The van der Waals surface area contributed by atoms with E-state index in [2.05, 4.69) is 59.2 Å². The molecule has 4 rings (SSSR count). The van der Waals surface area contributed by atoms with E-state index in [0.29, 0.717) is 18.9 Å². The number of anilines is 1. The predicted molar refractivity (Wildman–Crippen MR) is 171 cm³/mol. The van der Waals surface area contributed by atoms with Crippen LogP contribution in [0.1, 0.15) is 65.6 Å². The standard InChI is InChI=1S/C36H46N2O5/c1-28-8-6-11-33(26-28)38-23-21-37(22-24-38)20-7-25-43-34-12-4-3-10-31(34)17-14-29(9-2-5-13-35(39)40)27-30-15-18-32(19-16-30)36(41)42/h3-4,6,8,10-12,15-16,18-19,26,29H,2,5,7,9,13-14,17,20-25,27H2,1H3,(H,39,40)(H,41,42). The van der Waals surface area contributed by atoms with Crippen LogP contribution in [0.3, 0.4) is 0 Å². The van der Waals surface area contributed by atoms with Gasteiger partial charge < -0.3 is 19.8 Å².